The van der Waals surface area contributed by atoms with Crippen LogP contribution in [-0.4, -0.2) is 38.7 Å². The molecule has 0 aliphatic carbocycles. The number of rotatable bonds is 7. The third kappa shape index (κ3) is 5.42. The van der Waals surface area contributed by atoms with E-state index in [0.717, 1.165) is 6.42 Å². The van der Waals surface area contributed by atoms with E-state index in [4.69, 9.17) is 11.6 Å². The fourth-order valence-corrected chi connectivity index (χ4v) is 2.14. The van der Waals surface area contributed by atoms with Crippen LogP contribution in [0.2, 0.25) is 5.15 Å². The predicted octanol–water partition coefficient (Wildman–Crippen LogP) is 4.16. The lowest BCUT2D eigenvalue weighted by Crippen LogP contribution is -2.36. The number of anilines is 2. The molecule has 2 aromatic rings. The standard InChI is InChI=1S/C15H18ClF3N6/c1-3-8-20-13-23-12(9-6-5-7-11(16)21-9)24-14(25-13)22-10(4-2)15(17,18)19/h5-7,10H,3-4,8H2,1-2H3,(H2,20,22,23,24,25)/t10-/m0/s1. The minimum atomic E-state index is -4.41. The molecule has 2 heterocycles. The van der Waals surface area contributed by atoms with Crippen LogP contribution in [0.15, 0.2) is 18.2 Å². The molecule has 0 aliphatic rings. The molecular weight excluding hydrogens is 357 g/mol. The SMILES string of the molecule is CCCNc1nc(N[C@@H](CC)C(F)(F)F)nc(-c2cccc(Cl)n2)n1. The minimum Gasteiger partial charge on any atom is -0.354 e. The van der Waals surface area contributed by atoms with E-state index in [-0.39, 0.29) is 29.3 Å². The highest BCUT2D eigenvalue weighted by Gasteiger charge is 2.38. The second kappa shape index (κ2) is 8.28. The summed E-state index contributed by atoms with van der Waals surface area (Å²) in [6.45, 7) is 3.95. The van der Waals surface area contributed by atoms with Gasteiger partial charge in [-0.05, 0) is 25.0 Å². The highest BCUT2D eigenvalue weighted by Crippen LogP contribution is 2.26. The summed E-state index contributed by atoms with van der Waals surface area (Å²) in [7, 11) is 0. The number of aromatic nitrogens is 4. The molecule has 0 bridgehead atoms. The number of nitrogens with one attached hydrogen (secondary N) is 2. The second-order valence-electron chi connectivity index (χ2n) is 5.23. The molecule has 1 atom stereocenters. The Balaban J connectivity index is 2.39. The predicted molar refractivity (Wildman–Crippen MR) is 90.6 cm³/mol. The minimum absolute atomic E-state index is 0.135. The molecule has 0 fully saturated rings. The van der Waals surface area contributed by atoms with Crippen molar-refractivity contribution in [1.29, 1.82) is 0 Å². The summed E-state index contributed by atoms with van der Waals surface area (Å²) in [5.74, 6) is 0.137. The highest BCUT2D eigenvalue weighted by atomic mass is 35.5. The van der Waals surface area contributed by atoms with Gasteiger partial charge in [-0.25, -0.2) is 4.98 Å². The van der Waals surface area contributed by atoms with Crippen LogP contribution in [0.1, 0.15) is 26.7 Å². The molecular formula is C15H18ClF3N6. The lowest BCUT2D eigenvalue weighted by atomic mass is 10.2. The van der Waals surface area contributed by atoms with Crippen LogP contribution in [0.25, 0.3) is 11.5 Å². The first kappa shape index (κ1) is 19.2. The molecule has 10 heteroatoms. The van der Waals surface area contributed by atoms with Crippen LogP contribution in [-0.2, 0) is 0 Å². The summed E-state index contributed by atoms with van der Waals surface area (Å²) in [6.07, 6.45) is -3.76. The van der Waals surface area contributed by atoms with Crippen molar-refractivity contribution in [3.8, 4) is 11.5 Å². The number of nitrogens with zero attached hydrogens (tertiary/aromatic N) is 4. The summed E-state index contributed by atoms with van der Waals surface area (Å²) in [5, 5.41) is 5.50. The van der Waals surface area contributed by atoms with E-state index in [1.807, 2.05) is 6.92 Å². The largest absolute Gasteiger partial charge is 0.408 e. The normalized spacial score (nSPS) is 12.7. The average Bonchev–Trinajstić information content (AvgIpc) is 2.56. The zero-order chi connectivity index (χ0) is 18.4. The molecule has 2 rings (SSSR count). The summed E-state index contributed by atoms with van der Waals surface area (Å²) < 4.78 is 39.0. The van der Waals surface area contributed by atoms with Crippen molar-refractivity contribution in [2.75, 3.05) is 17.2 Å². The van der Waals surface area contributed by atoms with Gasteiger partial charge in [-0.3, -0.25) is 0 Å². The average molecular weight is 375 g/mol. The highest BCUT2D eigenvalue weighted by molar-refractivity contribution is 6.29. The quantitative estimate of drug-likeness (QED) is 0.709. The number of alkyl halides is 3. The molecule has 25 heavy (non-hydrogen) atoms. The molecule has 0 saturated carbocycles. The van der Waals surface area contributed by atoms with E-state index in [0.29, 0.717) is 12.2 Å². The summed E-state index contributed by atoms with van der Waals surface area (Å²) in [4.78, 5) is 16.4. The molecule has 2 aromatic heterocycles. The van der Waals surface area contributed by atoms with Crippen molar-refractivity contribution in [2.45, 2.75) is 38.9 Å². The van der Waals surface area contributed by atoms with Crippen LogP contribution in [0.3, 0.4) is 0 Å². The first-order valence-corrected chi connectivity index (χ1v) is 8.17. The molecule has 0 aliphatic heterocycles. The van der Waals surface area contributed by atoms with E-state index in [1.165, 1.54) is 6.92 Å². The van der Waals surface area contributed by atoms with E-state index in [2.05, 4.69) is 30.6 Å². The van der Waals surface area contributed by atoms with E-state index < -0.39 is 12.2 Å². The zero-order valence-corrected chi connectivity index (χ0v) is 14.5. The molecule has 0 spiro atoms. The van der Waals surface area contributed by atoms with Crippen molar-refractivity contribution in [3.63, 3.8) is 0 Å². The zero-order valence-electron chi connectivity index (χ0n) is 13.7. The Kier molecular flexibility index (Phi) is 6.35. The Morgan fingerprint density at radius 3 is 2.40 bits per heavy atom. The third-order valence-corrected chi connectivity index (χ3v) is 3.43. The van der Waals surface area contributed by atoms with Crippen molar-refractivity contribution < 1.29 is 13.2 Å². The fourth-order valence-electron chi connectivity index (χ4n) is 1.97. The van der Waals surface area contributed by atoms with Crippen molar-refractivity contribution >= 4 is 23.5 Å². The van der Waals surface area contributed by atoms with Gasteiger partial charge >= 0.3 is 6.18 Å². The second-order valence-corrected chi connectivity index (χ2v) is 5.61. The van der Waals surface area contributed by atoms with E-state index in [9.17, 15) is 13.2 Å². The smallest absolute Gasteiger partial charge is 0.354 e. The summed E-state index contributed by atoms with van der Waals surface area (Å²) in [5.41, 5.74) is 0.345. The molecule has 6 nitrogen and oxygen atoms in total. The van der Waals surface area contributed by atoms with Gasteiger partial charge < -0.3 is 10.6 Å². The fraction of sp³-hybridized carbons (Fsp3) is 0.467. The maximum atomic E-state index is 13.0. The lowest BCUT2D eigenvalue weighted by molar-refractivity contribution is -0.143. The van der Waals surface area contributed by atoms with Gasteiger partial charge in [-0.1, -0.05) is 31.5 Å². The summed E-state index contributed by atoms with van der Waals surface area (Å²) in [6, 6.07) is 3.10. The van der Waals surface area contributed by atoms with Gasteiger partial charge in [-0.2, -0.15) is 28.1 Å². The molecule has 0 saturated heterocycles. The summed E-state index contributed by atoms with van der Waals surface area (Å²) >= 11 is 5.86. The van der Waals surface area contributed by atoms with Gasteiger partial charge in [0.2, 0.25) is 11.9 Å². The monoisotopic (exact) mass is 374 g/mol. The van der Waals surface area contributed by atoms with Gasteiger partial charge in [0.15, 0.2) is 5.82 Å². The Bertz CT molecular complexity index is 710. The van der Waals surface area contributed by atoms with Gasteiger partial charge in [0.25, 0.3) is 0 Å². The maximum absolute atomic E-state index is 13.0. The first-order valence-electron chi connectivity index (χ1n) is 7.79. The van der Waals surface area contributed by atoms with Crippen LogP contribution in [0.5, 0.6) is 0 Å². The van der Waals surface area contributed by atoms with Crippen molar-refractivity contribution in [2.24, 2.45) is 0 Å². The van der Waals surface area contributed by atoms with Crippen molar-refractivity contribution in [3.05, 3.63) is 23.4 Å². The number of hydrogen-bond acceptors (Lipinski definition) is 6. The Labute approximate surface area is 148 Å². The third-order valence-electron chi connectivity index (χ3n) is 3.22. The van der Waals surface area contributed by atoms with Crippen LogP contribution >= 0.6 is 11.6 Å². The lowest BCUT2D eigenvalue weighted by Gasteiger charge is -2.20. The van der Waals surface area contributed by atoms with Crippen LogP contribution < -0.4 is 10.6 Å². The van der Waals surface area contributed by atoms with Crippen LogP contribution in [0.4, 0.5) is 25.1 Å². The van der Waals surface area contributed by atoms with Gasteiger partial charge in [-0.15, -0.1) is 0 Å². The van der Waals surface area contributed by atoms with Gasteiger partial charge in [0.05, 0.1) is 0 Å². The van der Waals surface area contributed by atoms with Gasteiger partial charge in [0.1, 0.15) is 16.9 Å². The first-order chi connectivity index (χ1) is 11.8. The van der Waals surface area contributed by atoms with E-state index >= 15 is 0 Å². The number of halogens is 4. The molecule has 0 unspecified atom stereocenters. The number of pyridine rings is 1. The Morgan fingerprint density at radius 2 is 1.80 bits per heavy atom. The van der Waals surface area contributed by atoms with Gasteiger partial charge in [0, 0.05) is 6.54 Å². The molecule has 0 radical (unpaired) electrons. The van der Waals surface area contributed by atoms with Crippen LogP contribution in [0, 0.1) is 0 Å². The molecule has 136 valence electrons. The Hall–Kier alpha value is -2.16. The molecule has 2 N–H and O–H groups in total. The molecule has 0 amide bonds. The number of hydrogen-bond donors (Lipinski definition) is 2. The topological polar surface area (TPSA) is 75.6 Å². The van der Waals surface area contributed by atoms with E-state index in [1.54, 1.807) is 18.2 Å². The Morgan fingerprint density at radius 1 is 1.08 bits per heavy atom. The van der Waals surface area contributed by atoms with Crippen molar-refractivity contribution in [1.82, 2.24) is 19.9 Å². The molecule has 0 aromatic carbocycles. The maximum Gasteiger partial charge on any atom is 0.408 e.